The molecule has 0 amide bonds. The van der Waals surface area contributed by atoms with Crippen LogP contribution in [-0.2, 0) is 10.0 Å². The van der Waals surface area contributed by atoms with Crippen molar-refractivity contribution in [1.82, 2.24) is 4.98 Å². The molecule has 1 heterocycles. The first-order chi connectivity index (χ1) is 9.42. The molecule has 2 aromatic rings. The van der Waals surface area contributed by atoms with Crippen LogP contribution in [0.3, 0.4) is 0 Å². The molecular formula is C12H7ClIN3O2S. The smallest absolute Gasteiger partial charge is 0.263 e. The highest BCUT2D eigenvalue weighted by Gasteiger charge is 2.19. The molecule has 0 aliphatic rings. The summed E-state index contributed by atoms with van der Waals surface area (Å²) in [5.41, 5.74) is 0.213. The number of benzene rings is 1. The molecule has 1 N–H and O–H groups in total. The zero-order chi connectivity index (χ0) is 14.8. The van der Waals surface area contributed by atoms with Gasteiger partial charge in [0, 0.05) is 9.77 Å². The summed E-state index contributed by atoms with van der Waals surface area (Å²) in [7, 11) is -3.89. The molecule has 0 saturated heterocycles. The Morgan fingerprint density at radius 2 is 2.05 bits per heavy atom. The Kier molecular flexibility index (Phi) is 4.47. The molecule has 0 radical (unpaired) electrons. The van der Waals surface area contributed by atoms with Gasteiger partial charge in [0.1, 0.15) is 10.7 Å². The molecule has 20 heavy (non-hydrogen) atoms. The molecule has 0 atom stereocenters. The van der Waals surface area contributed by atoms with Crippen LogP contribution in [0.1, 0.15) is 5.56 Å². The number of rotatable bonds is 3. The molecule has 8 heteroatoms. The number of aromatic nitrogens is 1. The van der Waals surface area contributed by atoms with Crippen LogP contribution in [0.2, 0.25) is 5.02 Å². The van der Waals surface area contributed by atoms with Crippen molar-refractivity contribution in [2.75, 3.05) is 4.72 Å². The van der Waals surface area contributed by atoms with Crippen molar-refractivity contribution >= 4 is 50.0 Å². The summed E-state index contributed by atoms with van der Waals surface area (Å²) < 4.78 is 27.7. The van der Waals surface area contributed by atoms with E-state index in [2.05, 4.69) is 32.3 Å². The normalized spacial score (nSPS) is 10.8. The highest BCUT2D eigenvalue weighted by atomic mass is 127. The number of hydrogen-bond acceptors (Lipinski definition) is 4. The van der Waals surface area contributed by atoms with E-state index < -0.39 is 10.0 Å². The number of pyridine rings is 1. The maximum Gasteiger partial charge on any atom is 0.264 e. The van der Waals surface area contributed by atoms with Crippen molar-refractivity contribution in [1.29, 1.82) is 5.26 Å². The average Bonchev–Trinajstić information content (AvgIpc) is 2.41. The second kappa shape index (κ2) is 5.95. The lowest BCUT2D eigenvalue weighted by Crippen LogP contribution is -2.14. The van der Waals surface area contributed by atoms with Crippen LogP contribution in [0.4, 0.5) is 5.82 Å². The van der Waals surface area contributed by atoms with Gasteiger partial charge in [-0.15, -0.1) is 0 Å². The molecule has 0 bridgehead atoms. The topological polar surface area (TPSA) is 82.8 Å². The van der Waals surface area contributed by atoms with Crippen molar-refractivity contribution in [3.8, 4) is 6.07 Å². The molecule has 2 rings (SSSR count). The lowest BCUT2D eigenvalue weighted by molar-refractivity contribution is 0.601. The minimum atomic E-state index is -3.89. The number of anilines is 1. The monoisotopic (exact) mass is 419 g/mol. The Bertz CT molecular complexity index is 785. The van der Waals surface area contributed by atoms with Gasteiger partial charge in [-0.1, -0.05) is 11.6 Å². The van der Waals surface area contributed by atoms with Crippen LogP contribution >= 0.6 is 34.2 Å². The quantitative estimate of drug-likeness (QED) is 0.775. The van der Waals surface area contributed by atoms with Crippen molar-refractivity contribution in [2.45, 2.75) is 4.90 Å². The Balaban J connectivity index is 2.40. The van der Waals surface area contributed by atoms with E-state index >= 15 is 0 Å². The van der Waals surface area contributed by atoms with Crippen LogP contribution in [0, 0.1) is 14.9 Å². The van der Waals surface area contributed by atoms with Crippen molar-refractivity contribution in [3.05, 3.63) is 50.7 Å². The first-order valence-electron chi connectivity index (χ1n) is 5.26. The number of hydrogen-bond donors (Lipinski definition) is 1. The fraction of sp³-hybridized carbons (Fsp3) is 0. The summed E-state index contributed by atoms with van der Waals surface area (Å²) in [6.07, 6.45) is 1.53. The summed E-state index contributed by atoms with van der Waals surface area (Å²) >= 11 is 7.94. The Hall–Kier alpha value is -1.37. The maximum atomic E-state index is 12.2. The third-order valence-corrected chi connectivity index (χ3v) is 4.79. The van der Waals surface area contributed by atoms with Crippen LogP contribution in [0.15, 0.2) is 41.4 Å². The van der Waals surface area contributed by atoms with E-state index in [-0.39, 0.29) is 21.3 Å². The van der Waals surface area contributed by atoms with Gasteiger partial charge in [-0.25, -0.2) is 13.4 Å². The molecule has 102 valence electrons. The van der Waals surface area contributed by atoms with Gasteiger partial charge in [0.15, 0.2) is 0 Å². The molecule has 0 saturated carbocycles. The Labute approximate surface area is 134 Å². The lowest BCUT2D eigenvalue weighted by atomic mass is 10.2. The third-order valence-electron chi connectivity index (χ3n) is 2.32. The van der Waals surface area contributed by atoms with Crippen LogP contribution in [0.25, 0.3) is 0 Å². The molecule has 0 spiro atoms. The van der Waals surface area contributed by atoms with E-state index in [1.54, 1.807) is 12.1 Å². The number of nitriles is 1. The van der Waals surface area contributed by atoms with Gasteiger partial charge in [-0.2, -0.15) is 5.26 Å². The van der Waals surface area contributed by atoms with E-state index in [0.29, 0.717) is 0 Å². The summed E-state index contributed by atoms with van der Waals surface area (Å²) in [5.74, 6) is 0.184. The molecule has 0 aliphatic carbocycles. The van der Waals surface area contributed by atoms with Crippen molar-refractivity contribution in [2.24, 2.45) is 0 Å². The van der Waals surface area contributed by atoms with E-state index in [1.165, 1.54) is 24.4 Å². The number of nitrogens with zero attached hydrogens (tertiary/aromatic N) is 2. The predicted octanol–water partition coefficient (Wildman–Crippen LogP) is 3.01. The minimum Gasteiger partial charge on any atom is -0.263 e. The summed E-state index contributed by atoms with van der Waals surface area (Å²) in [5, 5.41) is 8.86. The van der Waals surface area contributed by atoms with Gasteiger partial charge in [0.05, 0.1) is 16.7 Å². The fourth-order valence-electron chi connectivity index (χ4n) is 1.41. The van der Waals surface area contributed by atoms with Gasteiger partial charge < -0.3 is 0 Å². The zero-order valence-corrected chi connectivity index (χ0v) is 13.6. The highest BCUT2D eigenvalue weighted by molar-refractivity contribution is 14.1. The summed E-state index contributed by atoms with van der Waals surface area (Å²) in [6.45, 7) is 0. The van der Waals surface area contributed by atoms with Crippen LogP contribution < -0.4 is 4.72 Å². The molecule has 0 fully saturated rings. The largest absolute Gasteiger partial charge is 0.264 e. The van der Waals surface area contributed by atoms with E-state index in [1.807, 2.05) is 6.07 Å². The SMILES string of the molecule is N#Cc1ccc(Cl)c(S(=O)(=O)Nc2ccc(I)cn2)c1. The van der Waals surface area contributed by atoms with E-state index in [0.717, 1.165) is 3.57 Å². The number of halogens is 2. The van der Waals surface area contributed by atoms with Gasteiger partial charge in [-0.05, 0) is 52.9 Å². The van der Waals surface area contributed by atoms with Crippen molar-refractivity contribution in [3.63, 3.8) is 0 Å². The Morgan fingerprint density at radius 3 is 2.65 bits per heavy atom. The highest BCUT2D eigenvalue weighted by Crippen LogP contribution is 2.24. The van der Waals surface area contributed by atoms with Gasteiger partial charge in [-0.3, -0.25) is 4.72 Å². The zero-order valence-electron chi connectivity index (χ0n) is 9.84. The molecule has 1 aromatic carbocycles. The molecule has 5 nitrogen and oxygen atoms in total. The molecule has 1 aromatic heterocycles. The van der Waals surface area contributed by atoms with E-state index in [4.69, 9.17) is 16.9 Å². The molecule has 0 unspecified atom stereocenters. The Morgan fingerprint density at radius 1 is 1.30 bits per heavy atom. The van der Waals surface area contributed by atoms with Crippen LogP contribution in [-0.4, -0.2) is 13.4 Å². The number of nitrogens with one attached hydrogen (secondary N) is 1. The second-order valence-electron chi connectivity index (χ2n) is 3.72. The molecule has 0 aliphatic heterocycles. The molecular weight excluding hydrogens is 413 g/mol. The van der Waals surface area contributed by atoms with Gasteiger partial charge >= 0.3 is 0 Å². The van der Waals surface area contributed by atoms with E-state index in [9.17, 15) is 8.42 Å². The minimum absolute atomic E-state index is 0.0435. The first kappa shape index (κ1) is 15.0. The number of sulfonamides is 1. The van der Waals surface area contributed by atoms with Crippen molar-refractivity contribution < 1.29 is 8.42 Å². The van der Waals surface area contributed by atoms with Gasteiger partial charge in [0.2, 0.25) is 0 Å². The van der Waals surface area contributed by atoms with Gasteiger partial charge in [0.25, 0.3) is 10.0 Å². The predicted molar refractivity (Wildman–Crippen MR) is 83.9 cm³/mol. The lowest BCUT2D eigenvalue weighted by Gasteiger charge is -2.09. The third kappa shape index (κ3) is 3.39. The second-order valence-corrected chi connectivity index (χ2v) is 7.03. The first-order valence-corrected chi connectivity index (χ1v) is 8.20. The summed E-state index contributed by atoms with van der Waals surface area (Å²) in [6, 6.07) is 9.17. The average molecular weight is 420 g/mol. The summed E-state index contributed by atoms with van der Waals surface area (Å²) in [4.78, 5) is 3.80. The fourth-order valence-corrected chi connectivity index (χ4v) is 3.26. The van der Waals surface area contributed by atoms with Crippen LogP contribution in [0.5, 0.6) is 0 Å². The standard InChI is InChI=1S/C12H7ClIN3O2S/c13-10-3-1-8(6-15)5-11(10)20(18,19)17-12-4-2-9(14)7-16-12/h1-5,7H,(H,16,17). The maximum absolute atomic E-state index is 12.2.